The van der Waals surface area contributed by atoms with Gasteiger partial charge in [0.1, 0.15) is 0 Å². The molecule has 0 unspecified atom stereocenters. The van der Waals surface area contributed by atoms with Gasteiger partial charge in [-0.2, -0.15) is 0 Å². The molecule has 62 valence electrons. The van der Waals surface area contributed by atoms with E-state index in [2.05, 4.69) is 28.4 Å². The highest BCUT2D eigenvalue weighted by Crippen LogP contribution is 1.88. The molecule has 0 heterocycles. The minimum Gasteiger partial charge on any atom is -0.469 e. The molecule has 0 saturated heterocycles. The molecule has 3 heteroatoms. The van der Waals surface area contributed by atoms with Crippen molar-refractivity contribution >= 4 is 12.3 Å². The van der Waals surface area contributed by atoms with E-state index in [1.807, 2.05) is 0 Å². The molecule has 12 heavy (non-hydrogen) atoms. The summed E-state index contributed by atoms with van der Waals surface area (Å²) in [6.45, 7) is 0. The van der Waals surface area contributed by atoms with Crippen molar-refractivity contribution in [2.75, 3.05) is 7.11 Å². The van der Waals surface area contributed by atoms with Crippen LogP contribution < -0.4 is 0 Å². The van der Waals surface area contributed by atoms with E-state index in [0.29, 0.717) is 12.7 Å². The number of carbonyl (C=O) groups excluding carboxylic acids is 2. The molecule has 0 saturated carbocycles. The summed E-state index contributed by atoms with van der Waals surface area (Å²) >= 11 is 0. The Balaban J connectivity index is 3.59. The Labute approximate surface area is 71.1 Å². The van der Waals surface area contributed by atoms with Crippen molar-refractivity contribution in [3.8, 4) is 23.7 Å². The molecule has 0 fully saturated rings. The van der Waals surface area contributed by atoms with Crippen LogP contribution in [0.4, 0.5) is 0 Å². The Kier molecular flexibility index (Phi) is 6.30. The number of esters is 1. The van der Waals surface area contributed by atoms with E-state index in [1.54, 1.807) is 0 Å². The molecular formula is C9H8O3. The second-order valence-corrected chi connectivity index (χ2v) is 1.77. The van der Waals surface area contributed by atoms with Crippen LogP contribution >= 0.6 is 0 Å². The van der Waals surface area contributed by atoms with Gasteiger partial charge in [-0.25, -0.2) is 0 Å². The summed E-state index contributed by atoms with van der Waals surface area (Å²) in [4.78, 5) is 20.2. The lowest BCUT2D eigenvalue weighted by Crippen LogP contribution is -1.97. The fraction of sp³-hybridized carbons (Fsp3) is 0.333. The van der Waals surface area contributed by atoms with Crippen molar-refractivity contribution in [1.82, 2.24) is 0 Å². The fourth-order valence-corrected chi connectivity index (χ4v) is 0.439. The molecule has 0 aliphatic rings. The monoisotopic (exact) mass is 164 g/mol. The largest absolute Gasteiger partial charge is 0.469 e. The van der Waals surface area contributed by atoms with Crippen molar-refractivity contribution in [1.29, 1.82) is 0 Å². The lowest BCUT2D eigenvalue weighted by molar-refractivity contribution is -0.140. The molecule has 0 amide bonds. The van der Waals surface area contributed by atoms with Gasteiger partial charge in [0, 0.05) is 6.42 Å². The molecule has 0 aromatic heterocycles. The number of hydrogen-bond donors (Lipinski definition) is 0. The molecule has 0 N–H and O–H groups in total. The summed E-state index contributed by atoms with van der Waals surface area (Å²) in [6.07, 6.45) is 1.13. The van der Waals surface area contributed by atoms with Crippen LogP contribution in [0.15, 0.2) is 0 Å². The Morgan fingerprint density at radius 2 is 2.25 bits per heavy atom. The second kappa shape index (κ2) is 7.37. The number of rotatable bonds is 2. The van der Waals surface area contributed by atoms with Crippen LogP contribution in [0, 0.1) is 23.7 Å². The number of carbonyl (C=O) groups is 2. The molecule has 0 aromatic rings. The van der Waals surface area contributed by atoms with Gasteiger partial charge in [-0.15, -0.1) is 0 Å². The average molecular weight is 164 g/mol. The van der Waals surface area contributed by atoms with Gasteiger partial charge < -0.3 is 4.74 Å². The van der Waals surface area contributed by atoms with E-state index >= 15 is 0 Å². The van der Waals surface area contributed by atoms with E-state index < -0.39 is 0 Å². The predicted octanol–water partition coefficient (Wildman–Crippen LogP) is 0.145. The lowest BCUT2D eigenvalue weighted by atomic mass is 10.3. The van der Waals surface area contributed by atoms with Crippen LogP contribution in [0.1, 0.15) is 12.8 Å². The maximum absolute atomic E-state index is 10.5. The standard InChI is InChI=1S/C9H8O3/c1-12-9(11)7-5-3-2-4-6-8-10/h8H,5,7H2,1H3. The van der Waals surface area contributed by atoms with Crippen LogP contribution in [-0.2, 0) is 14.3 Å². The third kappa shape index (κ3) is 6.38. The highest BCUT2D eigenvalue weighted by molar-refractivity contribution is 5.73. The van der Waals surface area contributed by atoms with Gasteiger partial charge in [-0.1, -0.05) is 5.92 Å². The zero-order valence-electron chi connectivity index (χ0n) is 6.72. The summed E-state index contributed by atoms with van der Waals surface area (Å²) in [6, 6.07) is 0. The summed E-state index contributed by atoms with van der Waals surface area (Å²) in [5.74, 6) is 9.14. The van der Waals surface area contributed by atoms with Gasteiger partial charge in [-0.05, 0) is 17.8 Å². The van der Waals surface area contributed by atoms with Crippen LogP contribution in [0.5, 0.6) is 0 Å². The first-order chi connectivity index (χ1) is 5.81. The van der Waals surface area contributed by atoms with E-state index in [-0.39, 0.29) is 12.4 Å². The molecule has 0 spiro atoms. The predicted molar refractivity (Wildman–Crippen MR) is 42.9 cm³/mol. The summed E-state index contributed by atoms with van der Waals surface area (Å²) in [5.41, 5.74) is 0. The highest BCUT2D eigenvalue weighted by Gasteiger charge is 1.94. The van der Waals surface area contributed by atoms with Crippen LogP contribution in [0.25, 0.3) is 0 Å². The Bertz CT molecular complexity index is 270. The smallest absolute Gasteiger partial charge is 0.306 e. The average Bonchev–Trinajstić information content (AvgIpc) is 2.10. The Hall–Kier alpha value is -1.74. The minimum atomic E-state index is -0.298. The van der Waals surface area contributed by atoms with Crippen molar-refractivity contribution in [2.45, 2.75) is 12.8 Å². The SMILES string of the molecule is COC(=O)CCC#CC#CC=O. The molecule has 0 aliphatic heterocycles. The highest BCUT2D eigenvalue weighted by atomic mass is 16.5. The van der Waals surface area contributed by atoms with Crippen molar-refractivity contribution < 1.29 is 14.3 Å². The van der Waals surface area contributed by atoms with Crippen LogP contribution in [-0.4, -0.2) is 19.4 Å². The van der Waals surface area contributed by atoms with E-state index in [9.17, 15) is 9.59 Å². The van der Waals surface area contributed by atoms with E-state index in [0.717, 1.165) is 0 Å². The van der Waals surface area contributed by atoms with Gasteiger partial charge >= 0.3 is 5.97 Å². The molecule has 0 aromatic carbocycles. The first-order valence-corrected chi connectivity index (χ1v) is 3.30. The molecule has 0 radical (unpaired) electrons. The number of methoxy groups -OCH3 is 1. The molecule has 0 atom stereocenters. The lowest BCUT2D eigenvalue weighted by Gasteiger charge is -1.91. The van der Waals surface area contributed by atoms with Gasteiger partial charge in [0.25, 0.3) is 0 Å². The van der Waals surface area contributed by atoms with Gasteiger partial charge in [0.05, 0.1) is 13.5 Å². The van der Waals surface area contributed by atoms with Gasteiger partial charge in [-0.3, -0.25) is 9.59 Å². The first-order valence-electron chi connectivity index (χ1n) is 3.30. The van der Waals surface area contributed by atoms with Crippen LogP contribution in [0.2, 0.25) is 0 Å². The van der Waals surface area contributed by atoms with Crippen molar-refractivity contribution in [3.05, 3.63) is 0 Å². The first kappa shape index (κ1) is 10.3. The maximum Gasteiger partial charge on any atom is 0.306 e. The molecule has 0 bridgehead atoms. The second-order valence-electron chi connectivity index (χ2n) is 1.77. The number of aldehydes is 1. The molecule has 0 aliphatic carbocycles. The molecule has 3 nitrogen and oxygen atoms in total. The molecule has 0 rings (SSSR count). The normalized spacial score (nSPS) is 6.75. The Morgan fingerprint density at radius 1 is 1.50 bits per heavy atom. The summed E-state index contributed by atoms with van der Waals surface area (Å²) in [5, 5.41) is 0. The minimum absolute atomic E-state index is 0.256. The zero-order valence-corrected chi connectivity index (χ0v) is 6.72. The van der Waals surface area contributed by atoms with Crippen molar-refractivity contribution in [3.63, 3.8) is 0 Å². The third-order valence-electron chi connectivity index (χ3n) is 0.964. The number of ether oxygens (including phenoxy) is 1. The van der Waals surface area contributed by atoms with Crippen molar-refractivity contribution in [2.24, 2.45) is 0 Å². The van der Waals surface area contributed by atoms with Crippen LogP contribution in [0.3, 0.4) is 0 Å². The quantitative estimate of drug-likeness (QED) is 0.331. The maximum atomic E-state index is 10.5. The van der Waals surface area contributed by atoms with Gasteiger partial charge in [0.15, 0.2) is 6.29 Å². The fourth-order valence-electron chi connectivity index (χ4n) is 0.439. The zero-order chi connectivity index (χ0) is 9.23. The van der Waals surface area contributed by atoms with E-state index in [1.165, 1.54) is 7.11 Å². The topological polar surface area (TPSA) is 43.4 Å². The van der Waals surface area contributed by atoms with Gasteiger partial charge in [0.2, 0.25) is 0 Å². The van der Waals surface area contributed by atoms with E-state index in [4.69, 9.17) is 0 Å². The third-order valence-corrected chi connectivity index (χ3v) is 0.964. The summed E-state index contributed by atoms with van der Waals surface area (Å²) < 4.78 is 4.38. The molecular weight excluding hydrogens is 156 g/mol. The summed E-state index contributed by atoms with van der Waals surface area (Å²) in [7, 11) is 1.32. The number of hydrogen-bond acceptors (Lipinski definition) is 3. The Morgan fingerprint density at radius 3 is 2.83 bits per heavy atom.